The van der Waals surface area contributed by atoms with Crippen LogP contribution in [0, 0.1) is 18.6 Å². The highest BCUT2D eigenvalue weighted by Crippen LogP contribution is 2.39. The topological polar surface area (TPSA) is 73.0 Å². The highest BCUT2D eigenvalue weighted by atomic mass is 19.1. The Kier molecular flexibility index (Phi) is 6.84. The van der Waals surface area contributed by atoms with Gasteiger partial charge in [0.2, 0.25) is 5.91 Å². The van der Waals surface area contributed by atoms with E-state index in [1.807, 2.05) is 60.4 Å². The Morgan fingerprint density at radius 3 is 2.37 bits per heavy atom. The number of piperidine rings is 1. The van der Waals surface area contributed by atoms with Crippen molar-refractivity contribution in [3.63, 3.8) is 0 Å². The van der Waals surface area contributed by atoms with Crippen LogP contribution >= 0.6 is 0 Å². The zero-order valence-electron chi connectivity index (χ0n) is 21.0. The summed E-state index contributed by atoms with van der Waals surface area (Å²) in [7, 11) is 0. The number of nitrogens with one attached hydrogen (secondary N) is 1. The number of anilines is 2. The van der Waals surface area contributed by atoms with E-state index in [2.05, 4.69) is 5.32 Å². The summed E-state index contributed by atoms with van der Waals surface area (Å²) >= 11 is 0. The summed E-state index contributed by atoms with van der Waals surface area (Å²) in [5.74, 6) is -2.68. The maximum absolute atomic E-state index is 14.3. The molecule has 0 unspecified atom stereocenters. The molecule has 3 aromatic carbocycles. The number of rotatable bonds is 5. The average Bonchev–Trinajstić information content (AvgIpc) is 3.15. The molecule has 1 spiro atoms. The number of benzene rings is 3. The van der Waals surface area contributed by atoms with E-state index < -0.39 is 23.1 Å². The van der Waals surface area contributed by atoms with E-state index in [0.29, 0.717) is 24.6 Å². The normalized spacial score (nSPS) is 16.7. The van der Waals surface area contributed by atoms with Crippen LogP contribution in [0.2, 0.25) is 0 Å². The minimum atomic E-state index is -0.941. The largest absolute Gasteiger partial charge is 0.339 e. The molecule has 2 aliphatic rings. The van der Waals surface area contributed by atoms with Crippen LogP contribution in [0.3, 0.4) is 0 Å². The third kappa shape index (κ3) is 4.83. The predicted molar refractivity (Wildman–Crippen MR) is 140 cm³/mol. The minimum absolute atomic E-state index is 0.110. The number of nitrogens with zero attached hydrogens (tertiary/aromatic N) is 3. The number of halogens is 2. The van der Waals surface area contributed by atoms with Crippen molar-refractivity contribution in [1.29, 1.82) is 0 Å². The fourth-order valence-corrected chi connectivity index (χ4v) is 5.33. The van der Waals surface area contributed by atoms with Crippen LogP contribution in [0.15, 0.2) is 72.8 Å². The van der Waals surface area contributed by atoms with Gasteiger partial charge in [0.1, 0.15) is 23.7 Å². The highest BCUT2D eigenvalue weighted by molar-refractivity contribution is 6.00. The first-order chi connectivity index (χ1) is 18.3. The van der Waals surface area contributed by atoms with Crippen molar-refractivity contribution in [2.24, 2.45) is 0 Å². The van der Waals surface area contributed by atoms with E-state index >= 15 is 0 Å². The molecule has 0 saturated carbocycles. The van der Waals surface area contributed by atoms with Crippen molar-refractivity contribution >= 4 is 29.1 Å². The first-order valence-electron chi connectivity index (χ1n) is 12.5. The molecule has 196 valence electrons. The second kappa shape index (κ2) is 10.2. The second-order valence-electron chi connectivity index (χ2n) is 9.77. The number of carbonyl (C=O) groups is 3. The minimum Gasteiger partial charge on any atom is -0.339 e. The SMILES string of the molecule is Cc1cccc(NC(=O)CN2CN(c3ccccc3)C3(CCN(C(=O)c4ccc(F)cc4F)CC3)C2=O)c1. The van der Waals surface area contributed by atoms with Gasteiger partial charge in [0.05, 0.1) is 12.2 Å². The van der Waals surface area contributed by atoms with Crippen molar-refractivity contribution in [2.75, 3.05) is 36.5 Å². The van der Waals surface area contributed by atoms with Crippen LogP contribution in [0.5, 0.6) is 0 Å². The number of para-hydroxylation sites is 1. The third-order valence-electron chi connectivity index (χ3n) is 7.26. The van der Waals surface area contributed by atoms with Crippen molar-refractivity contribution in [3.8, 4) is 0 Å². The summed E-state index contributed by atoms with van der Waals surface area (Å²) in [6.07, 6.45) is 0.622. The van der Waals surface area contributed by atoms with Crippen molar-refractivity contribution in [2.45, 2.75) is 25.3 Å². The van der Waals surface area contributed by atoms with E-state index in [-0.39, 0.29) is 43.7 Å². The maximum atomic E-state index is 14.3. The molecule has 2 aliphatic heterocycles. The molecule has 0 aliphatic carbocycles. The van der Waals surface area contributed by atoms with Crippen molar-refractivity contribution < 1.29 is 23.2 Å². The molecular formula is C29H28F2N4O3. The number of amides is 3. The first-order valence-corrected chi connectivity index (χ1v) is 12.5. The summed E-state index contributed by atoms with van der Waals surface area (Å²) in [6, 6.07) is 19.8. The highest BCUT2D eigenvalue weighted by Gasteiger charge is 2.54. The molecule has 0 atom stereocenters. The van der Waals surface area contributed by atoms with Gasteiger partial charge in [0, 0.05) is 30.5 Å². The third-order valence-corrected chi connectivity index (χ3v) is 7.26. The number of aryl methyl sites for hydroxylation is 1. The van der Waals surface area contributed by atoms with E-state index in [1.54, 1.807) is 6.07 Å². The lowest BCUT2D eigenvalue weighted by Crippen LogP contribution is -2.57. The lowest BCUT2D eigenvalue weighted by atomic mass is 9.85. The molecule has 1 N–H and O–H groups in total. The molecule has 3 aromatic rings. The van der Waals surface area contributed by atoms with Crippen LogP contribution < -0.4 is 10.2 Å². The zero-order valence-corrected chi connectivity index (χ0v) is 21.0. The second-order valence-corrected chi connectivity index (χ2v) is 9.77. The van der Waals surface area contributed by atoms with Crippen LogP contribution in [0.4, 0.5) is 20.2 Å². The predicted octanol–water partition coefficient (Wildman–Crippen LogP) is 4.19. The van der Waals surface area contributed by atoms with Gasteiger partial charge in [-0.25, -0.2) is 8.78 Å². The van der Waals surface area contributed by atoms with E-state index in [1.165, 1.54) is 9.80 Å². The molecule has 0 bridgehead atoms. The maximum Gasteiger partial charge on any atom is 0.256 e. The van der Waals surface area contributed by atoms with Gasteiger partial charge in [-0.2, -0.15) is 0 Å². The number of hydrogen-bond donors (Lipinski definition) is 1. The fourth-order valence-electron chi connectivity index (χ4n) is 5.33. The Hall–Kier alpha value is -4.27. The Balaban J connectivity index is 1.34. The summed E-state index contributed by atoms with van der Waals surface area (Å²) in [5, 5.41) is 2.86. The van der Waals surface area contributed by atoms with Gasteiger partial charge in [-0.1, -0.05) is 30.3 Å². The van der Waals surface area contributed by atoms with Crippen molar-refractivity contribution in [1.82, 2.24) is 9.80 Å². The smallest absolute Gasteiger partial charge is 0.256 e. The summed E-state index contributed by atoms with van der Waals surface area (Å²) in [5.41, 5.74) is 1.37. The molecule has 0 radical (unpaired) electrons. The summed E-state index contributed by atoms with van der Waals surface area (Å²) in [6.45, 7) is 2.48. The van der Waals surface area contributed by atoms with Gasteiger partial charge in [-0.05, 0) is 61.7 Å². The molecule has 3 amide bonds. The molecule has 2 fully saturated rings. The Bertz CT molecular complexity index is 1370. The average molecular weight is 519 g/mol. The molecule has 7 nitrogen and oxygen atoms in total. The van der Waals surface area contributed by atoms with Crippen LogP contribution in [0.25, 0.3) is 0 Å². The summed E-state index contributed by atoms with van der Waals surface area (Å²) in [4.78, 5) is 44.7. The first kappa shape index (κ1) is 25.4. The molecular weight excluding hydrogens is 490 g/mol. The molecule has 9 heteroatoms. The van der Waals surface area contributed by atoms with Crippen LogP contribution in [0.1, 0.15) is 28.8 Å². The molecule has 0 aromatic heterocycles. The van der Waals surface area contributed by atoms with Crippen molar-refractivity contribution in [3.05, 3.63) is 95.6 Å². The van der Waals surface area contributed by atoms with E-state index in [0.717, 1.165) is 23.4 Å². The Morgan fingerprint density at radius 2 is 1.68 bits per heavy atom. The van der Waals surface area contributed by atoms with Gasteiger partial charge >= 0.3 is 0 Å². The zero-order chi connectivity index (χ0) is 26.9. The van der Waals surface area contributed by atoms with Gasteiger partial charge in [0.15, 0.2) is 0 Å². The number of carbonyl (C=O) groups excluding carboxylic acids is 3. The monoisotopic (exact) mass is 518 g/mol. The van der Waals surface area contributed by atoms with Crippen LogP contribution in [-0.4, -0.2) is 59.4 Å². The van der Waals surface area contributed by atoms with Gasteiger partial charge < -0.3 is 20.0 Å². The molecule has 2 saturated heterocycles. The fraction of sp³-hybridized carbons (Fsp3) is 0.276. The molecule has 38 heavy (non-hydrogen) atoms. The standard InChI is InChI=1S/C29H28F2N4O3/c1-20-6-5-7-22(16-20)32-26(36)18-34-19-35(23-8-3-2-4-9-23)29(28(34)38)12-14-33(15-13-29)27(37)24-11-10-21(30)17-25(24)31/h2-11,16-17H,12-15,18-19H2,1H3,(H,32,36). The quantitative estimate of drug-likeness (QED) is 0.550. The molecule has 5 rings (SSSR count). The Labute approximate surface area is 219 Å². The van der Waals surface area contributed by atoms with E-state index in [4.69, 9.17) is 0 Å². The Morgan fingerprint density at radius 1 is 0.947 bits per heavy atom. The lowest BCUT2D eigenvalue weighted by molar-refractivity contribution is -0.136. The summed E-state index contributed by atoms with van der Waals surface area (Å²) < 4.78 is 27.6. The number of likely N-dealkylation sites (tertiary alicyclic amines) is 1. The van der Waals surface area contributed by atoms with E-state index in [9.17, 15) is 23.2 Å². The molecule has 2 heterocycles. The van der Waals surface area contributed by atoms with Crippen LogP contribution in [-0.2, 0) is 9.59 Å². The number of hydrogen-bond acceptors (Lipinski definition) is 4. The van der Waals surface area contributed by atoms with Gasteiger partial charge in [-0.15, -0.1) is 0 Å². The van der Waals surface area contributed by atoms with Gasteiger partial charge in [-0.3, -0.25) is 14.4 Å². The van der Waals surface area contributed by atoms with Gasteiger partial charge in [0.25, 0.3) is 11.8 Å². The lowest BCUT2D eigenvalue weighted by Gasteiger charge is -2.43.